The van der Waals surface area contributed by atoms with Crippen LogP contribution in [0, 0.1) is 0 Å². The Hall–Kier alpha value is -2.17. The summed E-state index contributed by atoms with van der Waals surface area (Å²) in [5.41, 5.74) is 0.822. The summed E-state index contributed by atoms with van der Waals surface area (Å²) in [5, 5.41) is 11.7. The maximum absolute atomic E-state index is 12.8. The molecule has 110 valence electrons. The molecule has 1 unspecified atom stereocenters. The average Bonchev–Trinajstić information content (AvgIpc) is 2.46. The van der Waals surface area contributed by atoms with Crippen LogP contribution in [0.5, 0.6) is 0 Å². The zero-order valence-electron chi connectivity index (χ0n) is 11.9. The van der Waals surface area contributed by atoms with E-state index in [-0.39, 0.29) is 5.56 Å². The maximum atomic E-state index is 12.8. The number of hydrogen-bond donors (Lipinski definition) is 1. The fraction of sp³-hybridized carbons (Fsp3) is 0.176. The van der Waals surface area contributed by atoms with Crippen LogP contribution in [0.4, 0.5) is 0 Å². The van der Waals surface area contributed by atoms with E-state index in [4.69, 9.17) is 11.6 Å². The molecule has 0 aliphatic carbocycles. The molecular weight excluding hydrogens is 300 g/mol. The number of halogens is 1. The maximum Gasteiger partial charge on any atom is 0.264 e. The lowest BCUT2D eigenvalue weighted by Crippen LogP contribution is -2.44. The fourth-order valence-corrected chi connectivity index (χ4v) is 3.29. The number of fused-ring (bicyclic) bond motifs is 4. The van der Waals surface area contributed by atoms with Gasteiger partial charge in [-0.1, -0.05) is 35.9 Å². The lowest BCUT2D eigenvalue weighted by molar-refractivity contribution is -0.0225. The highest BCUT2D eigenvalue weighted by Crippen LogP contribution is 2.34. The summed E-state index contributed by atoms with van der Waals surface area (Å²) in [6.45, 7) is 1.64. The molecule has 4 rings (SSSR count). The topological polar surface area (TPSA) is 55.1 Å². The number of hydrogen-bond acceptors (Lipinski definition) is 3. The van der Waals surface area contributed by atoms with Crippen LogP contribution >= 0.6 is 11.6 Å². The van der Waals surface area contributed by atoms with Crippen molar-refractivity contribution < 1.29 is 5.11 Å². The lowest BCUT2D eigenvalue weighted by atomic mass is 9.93. The third-order valence-corrected chi connectivity index (χ3v) is 4.33. The Labute approximate surface area is 131 Å². The van der Waals surface area contributed by atoms with E-state index in [2.05, 4.69) is 4.98 Å². The predicted octanol–water partition coefficient (Wildman–Crippen LogP) is 2.94. The minimum atomic E-state index is -1.30. The summed E-state index contributed by atoms with van der Waals surface area (Å²) in [7, 11) is 0. The second-order valence-corrected chi connectivity index (χ2v) is 6.22. The van der Waals surface area contributed by atoms with Crippen LogP contribution in [-0.4, -0.2) is 14.7 Å². The first-order chi connectivity index (χ1) is 10.5. The Morgan fingerprint density at radius 1 is 1.27 bits per heavy atom. The first-order valence-electron chi connectivity index (χ1n) is 7.01. The molecule has 4 nitrogen and oxygen atoms in total. The third-order valence-electron chi connectivity index (χ3n) is 4.10. The molecule has 1 atom stereocenters. The highest BCUT2D eigenvalue weighted by atomic mass is 35.5. The average molecular weight is 313 g/mol. The standard InChI is InChI=1S/C17H13ClN2O2/c1-17(22)9-10-4-2-3-5-12(10)15-19-14-8-11(18)6-7-13(14)16(21)20(15)17/h2-8,22H,9H2,1H3. The van der Waals surface area contributed by atoms with E-state index in [1.165, 1.54) is 4.57 Å². The van der Waals surface area contributed by atoms with Crippen molar-refractivity contribution in [2.24, 2.45) is 0 Å². The van der Waals surface area contributed by atoms with Crippen molar-refractivity contribution >= 4 is 22.5 Å². The third kappa shape index (κ3) is 1.81. The molecule has 0 radical (unpaired) electrons. The number of aliphatic hydroxyl groups is 1. The normalized spacial score (nSPS) is 19.8. The monoisotopic (exact) mass is 312 g/mol. The van der Waals surface area contributed by atoms with Gasteiger partial charge < -0.3 is 5.11 Å². The van der Waals surface area contributed by atoms with Crippen LogP contribution in [0.25, 0.3) is 22.3 Å². The number of benzene rings is 2. The first kappa shape index (κ1) is 13.5. The highest BCUT2D eigenvalue weighted by molar-refractivity contribution is 6.31. The van der Waals surface area contributed by atoms with Crippen molar-refractivity contribution in [3.8, 4) is 11.4 Å². The van der Waals surface area contributed by atoms with Crippen molar-refractivity contribution in [3.05, 3.63) is 63.4 Å². The van der Waals surface area contributed by atoms with Gasteiger partial charge in [0.15, 0.2) is 0 Å². The van der Waals surface area contributed by atoms with Gasteiger partial charge in [0.05, 0.1) is 10.9 Å². The van der Waals surface area contributed by atoms with Crippen LogP contribution in [0.15, 0.2) is 47.3 Å². The van der Waals surface area contributed by atoms with Gasteiger partial charge in [-0.15, -0.1) is 0 Å². The van der Waals surface area contributed by atoms with E-state index in [9.17, 15) is 9.90 Å². The van der Waals surface area contributed by atoms with Crippen molar-refractivity contribution in [1.29, 1.82) is 0 Å². The molecule has 0 amide bonds. The van der Waals surface area contributed by atoms with E-state index < -0.39 is 5.72 Å². The van der Waals surface area contributed by atoms with Gasteiger partial charge in [-0.2, -0.15) is 0 Å². The Balaban J connectivity index is 2.19. The molecule has 2 heterocycles. The van der Waals surface area contributed by atoms with Gasteiger partial charge in [-0.3, -0.25) is 9.36 Å². The van der Waals surface area contributed by atoms with E-state index in [0.717, 1.165) is 11.1 Å². The van der Waals surface area contributed by atoms with E-state index >= 15 is 0 Å². The quantitative estimate of drug-likeness (QED) is 0.694. The summed E-state index contributed by atoms with van der Waals surface area (Å²) >= 11 is 6.01. The molecule has 0 saturated carbocycles. The minimum Gasteiger partial charge on any atom is -0.370 e. The van der Waals surface area contributed by atoms with Gasteiger partial charge in [0.25, 0.3) is 5.56 Å². The number of nitrogens with zero attached hydrogens (tertiary/aromatic N) is 2. The molecule has 22 heavy (non-hydrogen) atoms. The second kappa shape index (κ2) is 4.41. The number of aromatic nitrogens is 2. The molecule has 0 saturated heterocycles. The van der Waals surface area contributed by atoms with Crippen LogP contribution < -0.4 is 5.56 Å². The van der Waals surface area contributed by atoms with Gasteiger partial charge in [-0.05, 0) is 30.7 Å². The first-order valence-corrected chi connectivity index (χ1v) is 7.39. The van der Waals surface area contributed by atoms with Crippen LogP contribution in [-0.2, 0) is 12.1 Å². The van der Waals surface area contributed by atoms with Crippen LogP contribution in [0.1, 0.15) is 12.5 Å². The van der Waals surface area contributed by atoms with Gasteiger partial charge in [0.1, 0.15) is 11.5 Å². The molecule has 0 fully saturated rings. The van der Waals surface area contributed by atoms with Crippen LogP contribution in [0.2, 0.25) is 5.02 Å². The Kier molecular flexibility index (Phi) is 2.71. The molecule has 1 N–H and O–H groups in total. The molecule has 1 aromatic heterocycles. The summed E-state index contributed by atoms with van der Waals surface area (Å²) < 4.78 is 1.38. The Morgan fingerprint density at radius 3 is 2.86 bits per heavy atom. The summed E-state index contributed by atoms with van der Waals surface area (Å²) in [6.07, 6.45) is 0.372. The predicted molar refractivity (Wildman–Crippen MR) is 86.0 cm³/mol. The largest absolute Gasteiger partial charge is 0.370 e. The number of rotatable bonds is 0. The summed E-state index contributed by atoms with van der Waals surface area (Å²) in [6, 6.07) is 12.7. The van der Waals surface area contributed by atoms with Crippen molar-refractivity contribution in [3.63, 3.8) is 0 Å². The summed E-state index contributed by atoms with van der Waals surface area (Å²) in [5.74, 6) is 0.478. The lowest BCUT2D eigenvalue weighted by Gasteiger charge is -2.34. The molecular formula is C17H13ClN2O2. The molecule has 0 spiro atoms. The van der Waals surface area contributed by atoms with Gasteiger partial charge >= 0.3 is 0 Å². The Bertz CT molecular complexity index is 976. The molecule has 3 aromatic rings. The van der Waals surface area contributed by atoms with Gasteiger partial charge in [0, 0.05) is 17.0 Å². The molecule has 1 aliphatic rings. The van der Waals surface area contributed by atoms with E-state index in [1.54, 1.807) is 25.1 Å². The SMILES string of the molecule is CC1(O)Cc2ccccc2-c2nc3cc(Cl)ccc3c(=O)n21. The smallest absolute Gasteiger partial charge is 0.264 e. The molecule has 1 aliphatic heterocycles. The minimum absolute atomic E-state index is 0.254. The summed E-state index contributed by atoms with van der Waals surface area (Å²) in [4.78, 5) is 17.4. The Morgan fingerprint density at radius 2 is 2.05 bits per heavy atom. The van der Waals surface area contributed by atoms with Crippen molar-refractivity contribution in [1.82, 2.24) is 9.55 Å². The van der Waals surface area contributed by atoms with E-state index in [0.29, 0.717) is 28.2 Å². The molecule has 5 heteroatoms. The molecule has 2 aromatic carbocycles. The zero-order valence-corrected chi connectivity index (χ0v) is 12.6. The van der Waals surface area contributed by atoms with Crippen LogP contribution in [0.3, 0.4) is 0 Å². The van der Waals surface area contributed by atoms with Gasteiger partial charge in [-0.25, -0.2) is 4.98 Å². The fourth-order valence-electron chi connectivity index (χ4n) is 3.12. The van der Waals surface area contributed by atoms with Crippen molar-refractivity contribution in [2.75, 3.05) is 0 Å². The second-order valence-electron chi connectivity index (χ2n) is 5.79. The zero-order chi connectivity index (χ0) is 15.5. The van der Waals surface area contributed by atoms with E-state index in [1.807, 2.05) is 24.3 Å². The van der Waals surface area contributed by atoms with Crippen molar-refractivity contribution in [2.45, 2.75) is 19.1 Å². The highest BCUT2D eigenvalue weighted by Gasteiger charge is 2.34. The molecule has 0 bridgehead atoms. The van der Waals surface area contributed by atoms with Gasteiger partial charge in [0.2, 0.25) is 0 Å².